The van der Waals surface area contributed by atoms with E-state index in [9.17, 15) is 26.4 Å². The van der Waals surface area contributed by atoms with Gasteiger partial charge in [0.1, 0.15) is 6.54 Å². The van der Waals surface area contributed by atoms with Crippen molar-refractivity contribution in [2.45, 2.75) is 44.8 Å². The average Bonchev–Trinajstić information content (AvgIpc) is 2.77. The molecule has 1 N–H and O–H groups in total. The number of benzene rings is 3. The van der Waals surface area contributed by atoms with Crippen LogP contribution in [-0.4, -0.2) is 20.9 Å². The van der Waals surface area contributed by atoms with Crippen LogP contribution in [0.1, 0.15) is 40.8 Å². The van der Waals surface area contributed by atoms with Crippen molar-refractivity contribution in [2.75, 3.05) is 10.8 Å². The molecule has 0 saturated heterocycles. The average molecular weight is 539 g/mol. The molecule has 0 spiro atoms. The second-order valence-electron chi connectivity index (χ2n) is 8.64. The Bertz CT molecular complexity index is 1370. The molecule has 3 aromatic carbocycles. The third-order valence-electron chi connectivity index (χ3n) is 5.71. The van der Waals surface area contributed by atoms with Crippen LogP contribution in [0.4, 0.5) is 18.9 Å². The molecule has 0 fully saturated rings. The van der Waals surface area contributed by atoms with Crippen LogP contribution in [0, 0.1) is 20.8 Å². The normalized spacial score (nSPS) is 12.8. The number of carbonyl (C=O) groups excluding carboxylic acids is 1. The maximum atomic E-state index is 13.5. The number of amides is 1. The predicted molar refractivity (Wildman–Crippen MR) is 135 cm³/mol. The van der Waals surface area contributed by atoms with Crippen molar-refractivity contribution in [3.8, 4) is 0 Å². The van der Waals surface area contributed by atoms with Gasteiger partial charge in [-0.05, 0) is 69.2 Å². The lowest BCUT2D eigenvalue weighted by Crippen LogP contribution is -2.41. The van der Waals surface area contributed by atoms with E-state index in [-0.39, 0.29) is 10.6 Å². The van der Waals surface area contributed by atoms with Gasteiger partial charge in [-0.15, -0.1) is 0 Å². The maximum absolute atomic E-state index is 13.5. The van der Waals surface area contributed by atoms with Gasteiger partial charge >= 0.3 is 6.18 Å². The van der Waals surface area contributed by atoms with E-state index in [0.717, 1.165) is 34.4 Å². The van der Waals surface area contributed by atoms with Crippen LogP contribution in [0.5, 0.6) is 0 Å². The van der Waals surface area contributed by atoms with Gasteiger partial charge in [-0.2, -0.15) is 13.2 Å². The second kappa shape index (κ2) is 10.5. The molecule has 0 bridgehead atoms. The number of carbonyl (C=O) groups is 1. The minimum Gasteiger partial charge on any atom is -0.348 e. The topological polar surface area (TPSA) is 66.5 Å². The lowest BCUT2D eigenvalue weighted by Gasteiger charge is -2.26. The number of halogens is 4. The van der Waals surface area contributed by atoms with Gasteiger partial charge in [0.25, 0.3) is 10.0 Å². The summed E-state index contributed by atoms with van der Waals surface area (Å²) in [6.45, 7) is 6.62. The van der Waals surface area contributed by atoms with Gasteiger partial charge in [-0.1, -0.05) is 53.1 Å². The molecule has 3 rings (SSSR count). The fraction of sp³-hybridized carbons (Fsp3) is 0.269. The van der Waals surface area contributed by atoms with Crippen LogP contribution in [-0.2, 0) is 21.0 Å². The summed E-state index contributed by atoms with van der Waals surface area (Å²) in [6, 6.07) is 13.8. The standard InChI is InChI=1S/C26H26ClF3N2O3S/c1-16-5-9-21(10-6-16)36(34,35)32(20-8-12-24(27)23(14-20)26(28,29)30)15-25(33)31-19(4)22-11-7-17(2)13-18(22)3/h5-14,19H,15H2,1-4H3,(H,31,33)/t19-/m0/s1. The molecule has 192 valence electrons. The van der Waals surface area contributed by atoms with Crippen molar-refractivity contribution < 1.29 is 26.4 Å². The summed E-state index contributed by atoms with van der Waals surface area (Å²) in [6.07, 6.45) is -4.81. The second-order valence-corrected chi connectivity index (χ2v) is 10.9. The quantitative estimate of drug-likeness (QED) is 0.381. The molecule has 36 heavy (non-hydrogen) atoms. The van der Waals surface area contributed by atoms with Crippen molar-refractivity contribution in [1.82, 2.24) is 5.32 Å². The van der Waals surface area contributed by atoms with Crippen LogP contribution in [0.2, 0.25) is 5.02 Å². The molecule has 1 amide bonds. The molecule has 0 heterocycles. The number of sulfonamides is 1. The summed E-state index contributed by atoms with van der Waals surface area (Å²) < 4.78 is 68.2. The summed E-state index contributed by atoms with van der Waals surface area (Å²) in [5.74, 6) is -0.679. The van der Waals surface area contributed by atoms with E-state index >= 15 is 0 Å². The molecular weight excluding hydrogens is 513 g/mol. The molecule has 0 aliphatic carbocycles. The van der Waals surface area contributed by atoms with Gasteiger partial charge in [0, 0.05) is 0 Å². The Kier molecular flexibility index (Phi) is 8.05. The molecule has 0 aromatic heterocycles. The zero-order valence-corrected chi connectivity index (χ0v) is 21.7. The highest BCUT2D eigenvalue weighted by Gasteiger charge is 2.35. The molecule has 1 atom stereocenters. The minimum atomic E-state index is -4.81. The monoisotopic (exact) mass is 538 g/mol. The van der Waals surface area contributed by atoms with E-state index in [0.29, 0.717) is 10.4 Å². The van der Waals surface area contributed by atoms with E-state index in [4.69, 9.17) is 11.6 Å². The molecule has 3 aromatic rings. The van der Waals surface area contributed by atoms with E-state index in [1.54, 1.807) is 26.0 Å². The Hall–Kier alpha value is -3.04. The van der Waals surface area contributed by atoms with Crippen LogP contribution >= 0.6 is 11.6 Å². The summed E-state index contributed by atoms with van der Waals surface area (Å²) in [4.78, 5) is 12.8. The molecule has 5 nitrogen and oxygen atoms in total. The van der Waals surface area contributed by atoms with Crippen LogP contribution in [0.15, 0.2) is 65.6 Å². The van der Waals surface area contributed by atoms with Crippen LogP contribution in [0.25, 0.3) is 0 Å². The van der Waals surface area contributed by atoms with Gasteiger partial charge in [0.05, 0.1) is 27.2 Å². The van der Waals surface area contributed by atoms with Crippen molar-refractivity contribution >= 4 is 33.2 Å². The zero-order chi connectivity index (χ0) is 26.8. The number of nitrogens with zero attached hydrogens (tertiary/aromatic N) is 1. The Labute approximate surface area is 213 Å². The van der Waals surface area contributed by atoms with Crippen molar-refractivity contribution in [1.29, 1.82) is 0 Å². The fourth-order valence-electron chi connectivity index (χ4n) is 3.84. The highest BCUT2D eigenvalue weighted by molar-refractivity contribution is 7.92. The highest BCUT2D eigenvalue weighted by Crippen LogP contribution is 2.38. The number of hydrogen-bond acceptors (Lipinski definition) is 3. The van der Waals surface area contributed by atoms with Gasteiger partial charge in [-0.3, -0.25) is 9.10 Å². The van der Waals surface area contributed by atoms with Gasteiger partial charge in [0.2, 0.25) is 5.91 Å². The zero-order valence-electron chi connectivity index (χ0n) is 20.2. The first-order valence-electron chi connectivity index (χ1n) is 11.0. The molecule has 0 aliphatic heterocycles. The first-order valence-corrected chi connectivity index (χ1v) is 12.8. The number of alkyl halides is 3. The molecule has 0 radical (unpaired) electrons. The van der Waals surface area contributed by atoms with E-state index in [2.05, 4.69) is 5.32 Å². The Morgan fingerprint density at radius 1 is 0.972 bits per heavy atom. The molecule has 0 aliphatic rings. The Morgan fingerprint density at radius 3 is 2.17 bits per heavy atom. The number of aryl methyl sites for hydroxylation is 3. The summed E-state index contributed by atoms with van der Waals surface area (Å²) >= 11 is 5.74. The van der Waals surface area contributed by atoms with Gasteiger partial charge < -0.3 is 5.32 Å². The van der Waals surface area contributed by atoms with E-state index in [1.807, 2.05) is 32.0 Å². The smallest absolute Gasteiger partial charge is 0.348 e. The molecule has 10 heteroatoms. The predicted octanol–water partition coefficient (Wildman–Crippen LogP) is 6.36. The van der Waals surface area contributed by atoms with Gasteiger partial charge in [-0.25, -0.2) is 8.42 Å². The largest absolute Gasteiger partial charge is 0.417 e. The number of rotatable bonds is 7. The first-order chi connectivity index (χ1) is 16.7. The Balaban J connectivity index is 2.00. The molecule has 0 saturated carbocycles. The Morgan fingerprint density at radius 2 is 1.58 bits per heavy atom. The lowest BCUT2D eigenvalue weighted by atomic mass is 10.0. The van der Waals surface area contributed by atoms with Gasteiger partial charge in [0.15, 0.2) is 0 Å². The van der Waals surface area contributed by atoms with E-state index in [1.165, 1.54) is 12.1 Å². The summed E-state index contributed by atoms with van der Waals surface area (Å²) in [5, 5.41) is 2.18. The van der Waals surface area contributed by atoms with Crippen molar-refractivity contribution in [3.05, 3.63) is 93.5 Å². The minimum absolute atomic E-state index is 0.160. The van der Waals surface area contributed by atoms with Crippen molar-refractivity contribution in [3.63, 3.8) is 0 Å². The third kappa shape index (κ3) is 6.20. The van der Waals surface area contributed by atoms with Crippen LogP contribution in [0.3, 0.4) is 0 Å². The number of hydrogen-bond donors (Lipinski definition) is 1. The fourth-order valence-corrected chi connectivity index (χ4v) is 5.48. The van der Waals surface area contributed by atoms with Crippen LogP contribution < -0.4 is 9.62 Å². The third-order valence-corrected chi connectivity index (χ3v) is 7.83. The summed E-state index contributed by atoms with van der Waals surface area (Å²) in [5.41, 5.74) is 2.10. The first kappa shape index (κ1) is 27.5. The van der Waals surface area contributed by atoms with E-state index < -0.39 is 45.3 Å². The SMILES string of the molecule is Cc1ccc(S(=O)(=O)N(CC(=O)N[C@@H](C)c2ccc(C)cc2C)c2ccc(Cl)c(C(F)(F)F)c2)cc1. The maximum Gasteiger partial charge on any atom is 0.417 e. The highest BCUT2D eigenvalue weighted by atomic mass is 35.5. The molecule has 0 unspecified atom stereocenters. The molecular formula is C26H26ClF3N2O3S. The number of anilines is 1. The van der Waals surface area contributed by atoms with Crippen molar-refractivity contribution in [2.24, 2.45) is 0 Å². The number of nitrogens with one attached hydrogen (secondary N) is 1. The lowest BCUT2D eigenvalue weighted by molar-refractivity contribution is -0.137. The summed E-state index contributed by atoms with van der Waals surface area (Å²) in [7, 11) is -4.39.